The number of benzene rings is 1. The van der Waals surface area contributed by atoms with Gasteiger partial charge in [-0.05, 0) is 30.5 Å². The summed E-state index contributed by atoms with van der Waals surface area (Å²) in [5.41, 5.74) is 0.452. The van der Waals surface area contributed by atoms with Crippen molar-refractivity contribution in [3.63, 3.8) is 0 Å². The van der Waals surface area contributed by atoms with Gasteiger partial charge in [0.15, 0.2) is 0 Å². The molecule has 2 heterocycles. The van der Waals surface area contributed by atoms with Gasteiger partial charge in [0.2, 0.25) is 0 Å². The van der Waals surface area contributed by atoms with Crippen LogP contribution in [0.25, 0.3) is 10.2 Å². The predicted molar refractivity (Wildman–Crippen MR) is 106 cm³/mol. The number of rotatable bonds is 7. The van der Waals surface area contributed by atoms with Crippen LogP contribution in [0.2, 0.25) is 0 Å². The Hall–Kier alpha value is -2.67. The molecular formula is C20H22N2O4S. The number of hydrogen-bond donors (Lipinski definition) is 0. The minimum Gasteiger partial charge on any atom is -0.492 e. The molecule has 0 aliphatic heterocycles. The van der Waals surface area contributed by atoms with Crippen LogP contribution >= 0.6 is 11.3 Å². The number of ether oxygens (including phenoxy) is 2. The summed E-state index contributed by atoms with van der Waals surface area (Å²) in [5.74, 6) is 0.604. The summed E-state index contributed by atoms with van der Waals surface area (Å²) in [5, 5.41) is 0.471. The molecule has 0 unspecified atom stereocenters. The summed E-state index contributed by atoms with van der Waals surface area (Å²) in [6.45, 7) is 6.79. The number of carbonyl (C=O) groups is 1. The monoisotopic (exact) mass is 386 g/mol. The third-order valence-corrected chi connectivity index (χ3v) is 5.17. The zero-order valence-electron chi connectivity index (χ0n) is 15.6. The number of aromatic nitrogens is 2. The van der Waals surface area contributed by atoms with Gasteiger partial charge in [0.25, 0.3) is 5.56 Å². The molecule has 0 bridgehead atoms. The number of aryl methyl sites for hydroxylation is 1. The Morgan fingerprint density at radius 3 is 2.70 bits per heavy atom. The van der Waals surface area contributed by atoms with Crippen LogP contribution in [0.3, 0.4) is 0 Å². The Bertz CT molecular complexity index is 992. The number of fused-ring (bicyclic) bond motifs is 1. The molecule has 0 atom stereocenters. The van der Waals surface area contributed by atoms with Crippen LogP contribution in [-0.2, 0) is 11.3 Å². The molecule has 0 fully saturated rings. The molecule has 142 valence electrons. The van der Waals surface area contributed by atoms with Crippen LogP contribution < -0.4 is 10.3 Å². The van der Waals surface area contributed by atoms with E-state index in [0.29, 0.717) is 40.4 Å². The number of hydrogen-bond acceptors (Lipinski definition) is 6. The average Bonchev–Trinajstić information content (AvgIpc) is 3.00. The van der Waals surface area contributed by atoms with E-state index in [4.69, 9.17) is 9.47 Å². The molecule has 0 aliphatic carbocycles. The molecule has 0 amide bonds. The summed E-state index contributed by atoms with van der Waals surface area (Å²) in [6.07, 6.45) is 1.50. The van der Waals surface area contributed by atoms with Crippen molar-refractivity contribution in [2.45, 2.75) is 27.3 Å². The zero-order valence-corrected chi connectivity index (χ0v) is 16.4. The molecule has 7 heteroatoms. The molecule has 27 heavy (non-hydrogen) atoms. The largest absolute Gasteiger partial charge is 0.492 e. The average molecular weight is 386 g/mol. The Morgan fingerprint density at radius 1 is 1.26 bits per heavy atom. The summed E-state index contributed by atoms with van der Waals surface area (Å²) in [4.78, 5) is 30.4. The number of para-hydroxylation sites is 1. The van der Waals surface area contributed by atoms with Crippen LogP contribution in [0.5, 0.6) is 5.75 Å². The first-order valence-corrected chi connectivity index (χ1v) is 9.62. The second kappa shape index (κ2) is 8.35. The number of thiophene rings is 1. The summed E-state index contributed by atoms with van der Waals surface area (Å²) in [6, 6.07) is 9.43. The highest BCUT2D eigenvalue weighted by atomic mass is 32.1. The van der Waals surface area contributed by atoms with Gasteiger partial charge >= 0.3 is 5.97 Å². The first-order valence-electron chi connectivity index (χ1n) is 8.81. The van der Waals surface area contributed by atoms with Gasteiger partial charge < -0.3 is 9.47 Å². The fraction of sp³-hybridized carbons (Fsp3) is 0.350. The topological polar surface area (TPSA) is 70.4 Å². The molecule has 0 saturated carbocycles. The first-order chi connectivity index (χ1) is 13.0. The fourth-order valence-corrected chi connectivity index (χ4v) is 3.63. The molecule has 3 rings (SSSR count). The lowest BCUT2D eigenvalue weighted by molar-refractivity contribution is 0.0464. The van der Waals surface area contributed by atoms with E-state index in [2.05, 4.69) is 4.98 Å². The lowest BCUT2D eigenvalue weighted by atomic mass is 10.2. The van der Waals surface area contributed by atoms with E-state index in [9.17, 15) is 9.59 Å². The van der Waals surface area contributed by atoms with Gasteiger partial charge in [0, 0.05) is 0 Å². The van der Waals surface area contributed by atoms with E-state index in [-0.39, 0.29) is 11.5 Å². The minimum atomic E-state index is -0.400. The zero-order chi connectivity index (χ0) is 19.4. The van der Waals surface area contributed by atoms with E-state index >= 15 is 0 Å². The maximum atomic E-state index is 12.8. The van der Waals surface area contributed by atoms with Crippen molar-refractivity contribution in [3.8, 4) is 5.75 Å². The van der Waals surface area contributed by atoms with Crippen molar-refractivity contribution < 1.29 is 14.3 Å². The lowest BCUT2D eigenvalue weighted by Crippen LogP contribution is -2.23. The van der Waals surface area contributed by atoms with Crippen LogP contribution in [0, 0.1) is 12.8 Å². The minimum absolute atomic E-state index is 0.173. The Balaban J connectivity index is 1.79. The predicted octanol–water partition coefficient (Wildman–Crippen LogP) is 3.66. The first kappa shape index (κ1) is 19.1. The summed E-state index contributed by atoms with van der Waals surface area (Å²) >= 11 is 1.20. The summed E-state index contributed by atoms with van der Waals surface area (Å²) < 4.78 is 12.5. The normalized spacial score (nSPS) is 11.1. The molecule has 0 spiro atoms. The quantitative estimate of drug-likeness (QED) is 0.580. The fourth-order valence-electron chi connectivity index (χ4n) is 2.60. The van der Waals surface area contributed by atoms with Gasteiger partial charge in [0.05, 0.1) is 24.9 Å². The molecule has 0 aliphatic rings. The van der Waals surface area contributed by atoms with E-state index in [1.165, 1.54) is 22.2 Å². The second-order valence-electron chi connectivity index (χ2n) is 6.63. The van der Waals surface area contributed by atoms with Gasteiger partial charge in [-0.25, -0.2) is 9.78 Å². The van der Waals surface area contributed by atoms with Gasteiger partial charge in [-0.2, -0.15) is 0 Å². The lowest BCUT2D eigenvalue weighted by Gasteiger charge is -2.08. The van der Waals surface area contributed by atoms with E-state index in [1.807, 2.05) is 44.2 Å². The second-order valence-corrected chi connectivity index (χ2v) is 7.63. The van der Waals surface area contributed by atoms with Crippen molar-refractivity contribution in [3.05, 3.63) is 57.5 Å². The van der Waals surface area contributed by atoms with E-state index in [0.717, 1.165) is 5.75 Å². The number of nitrogens with zero attached hydrogens (tertiary/aromatic N) is 2. The molecule has 6 nitrogen and oxygen atoms in total. The van der Waals surface area contributed by atoms with Gasteiger partial charge in [0.1, 0.15) is 22.1 Å². The molecule has 0 radical (unpaired) electrons. The third kappa shape index (κ3) is 4.36. The van der Waals surface area contributed by atoms with Gasteiger partial charge in [-0.3, -0.25) is 9.36 Å². The van der Waals surface area contributed by atoms with Crippen molar-refractivity contribution in [2.24, 2.45) is 5.92 Å². The summed E-state index contributed by atoms with van der Waals surface area (Å²) in [7, 11) is 0. The van der Waals surface area contributed by atoms with Crippen LogP contribution in [-0.4, -0.2) is 28.7 Å². The maximum absolute atomic E-state index is 12.8. The number of esters is 1. The highest BCUT2D eigenvalue weighted by Crippen LogP contribution is 2.27. The van der Waals surface area contributed by atoms with Gasteiger partial charge in [-0.1, -0.05) is 32.0 Å². The van der Waals surface area contributed by atoms with Crippen LogP contribution in [0.4, 0.5) is 0 Å². The Labute approximate surface area is 161 Å². The molecule has 0 N–H and O–H groups in total. The highest BCUT2D eigenvalue weighted by Gasteiger charge is 2.20. The third-order valence-electron chi connectivity index (χ3n) is 3.99. The van der Waals surface area contributed by atoms with Crippen molar-refractivity contribution in [2.75, 3.05) is 13.2 Å². The van der Waals surface area contributed by atoms with Crippen molar-refractivity contribution in [1.29, 1.82) is 0 Å². The van der Waals surface area contributed by atoms with Crippen LogP contribution in [0.1, 0.15) is 29.1 Å². The SMILES string of the molecule is Cc1c(C(=O)OCC(C)C)sc2ncn(CCOc3ccccc3)c(=O)c12. The maximum Gasteiger partial charge on any atom is 0.348 e. The molecule has 2 aromatic heterocycles. The molecule has 0 saturated heterocycles. The smallest absolute Gasteiger partial charge is 0.348 e. The van der Waals surface area contributed by atoms with Crippen molar-refractivity contribution in [1.82, 2.24) is 9.55 Å². The van der Waals surface area contributed by atoms with Gasteiger partial charge in [-0.15, -0.1) is 11.3 Å². The Morgan fingerprint density at radius 2 is 2.00 bits per heavy atom. The molecular weight excluding hydrogens is 364 g/mol. The standard InChI is InChI=1S/C20H22N2O4S/c1-13(2)11-26-20(24)17-14(3)16-18(27-17)21-12-22(19(16)23)9-10-25-15-7-5-4-6-8-15/h4-8,12-13H,9-11H2,1-3H3. The van der Waals surface area contributed by atoms with E-state index < -0.39 is 5.97 Å². The van der Waals surface area contributed by atoms with Crippen molar-refractivity contribution >= 4 is 27.5 Å². The molecule has 3 aromatic rings. The van der Waals surface area contributed by atoms with E-state index in [1.54, 1.807) is 6.92 Å². The van der Waals surface area contributed by atoms with Crippen LogP contribution in [0.15, 0.2) is 41.5 Å². The molecule has 1 aromatic carbocycles. The Kier molecular flexibility index (Phi) is 5.91. The highest BCUT2D eigenvalue weighted by molar-refractivity contribution is 7.20. The number of carbonyl (C=O) groups excluding carboxylic acids is 1.